The van der Waals surface area contributed by atoms with Gasteiger partial charge in [-0.05, 0) is 66.7 Å². The number of halogens is 1. The van der Waals surface area contributed by atoms with Crippen LogP contribution in [0.5, 0.6) is 0 Å². The van der Waals surface area contributed by atoms with E-state index in [0.29, 0.717) is 6.04 Å². The molecule has 1 aliphatic rings. The van der Waals surface area contributed by atoms with Gasteiger partial charge in [0, 0.05) is 30.4 Å². The highest BCUT2D eigenvalue weighted by molar-refractivity contribution is 5.85. The first-order valence-corrected chi connectivity index (χ1v) is 9.40. The van der Waals surface area contributed by atoms with E-state index < -0.39 is 0 Å². The van der Waals surface area contributed by atoms with Gasteiger partial charge in [-0.3, -0.25) is 4.98 Å². The number of fused-ring (bicyclic) bond motifs is 1. The third-order valence-corrected chi connectivity index (χ3v) is 5.48. The van der Waals surface area contributed by atoms with Gasteiger partial charge in [-0.2, -0.15) is 0 Å². The third kappa shape index (κ3) is 4.63. The molecule has 3 aromatic rings. The fourth-order valence-electron chi connectivity index (χ4n) is 3.78. The fourth-order valence-corrected chi connectivity index (χ4v) is 3.78. The predicted molar refractivity (Wildman–Crippen MR) is 112 cm³/mol. The molecule has 0 bridgehead atoms. The van der Waals surface area contributed by atoms with Crippen LogP contribution < -0.4 is 5.32 Å². The van der Waals surface area contributed by atoms with E-state index in [2.05, 4.69) is 71.8 Å². The monoisotopic (exact) mass is 366 g/mol. The molecular formula is C23H27ClN2. The quantitative estimate of drug-likeness (QED) is 0.578. The molecule has 1 aliphatic carbocycles. The molecule has 3 atom stereocenters. The Kier molecular flexibility index (Phi) is 6.29. The molecular weight excluding hydrogens is 340 g/mol. The van der Waals surface area contributed by atoms with E-state index >= 15 is 0 Å². The van der Waals surface area contributed by atoms with E-state index in [4.69, 9.17) is 0 Å². The Labute approximate surface area is 162 Å². The van der Waals surface area contributed by atoms with E-state index in [1.54, 1.807) is 0 Å². The van der Waals surface area contributed by atoms with Gasteiger partial charge in [0.15, 0.2) is 0 Å². The largest absolute Gasteiger partial charge is 0.310 e. The van der Waals surface area contributed by atoms with E-state index in [1.807, 2.05) is 12.4 Å². The normalized spacial score (nSPS) is 19.7. The van der Waals surface area contributed by atoms with Crippen LogP contribution in [0.25, 0.3) is 10.8 Å². The van der Waals surface area contributed by atoms with Gasteiger partial charge in [-0.1, -0.05) is 42.5 Å². The topological polar surface area (TPSA) is 24.9 Å². The Hall–Kier alpha value is -1.90. The maximum atomic E-state index is 4.18. The second kappa shape index (κ2) is 8.66. The van der Waals surface area contributed by atoms with Crippen molar-refractivity contribution in [2.24, 2.45) is 5.92 Å². The van der Waals surface area contributed by atoms with Gasteiger partial charge in [-0.15, -0.1) is 12.4 Å². The average Bonchev–Trinajstić information content (AvgIpc) is 3.45. The van der Waals surface area contributed by atoms with Crippen molar-refractivity contribution < 1.29 is 0 Å². The second-order valence-electron chi connectivity index (χ2n) is 7.43. The van der Waals surface area contributed by atoms with Gasteiger partial charge < -0.3 is 5.32 Å². The molecule has 0 aliphatic heterocycles. The highest BCUT2D eigenvalue weighted by Gasteiger charge is 2.37. The van der Waals surface area contributed by atoms with Crippen molar-refractivity contribution in [2.45, 2.75) is 44.7 Å². The van der Waals surface area contributed by atoms with Crippen molar-refractivity contribution in [1.29, 1.82) is 0 Å². The van der Waals surface area contributed by atoms with Crippen LogP contribution in [0.4, 0.5) is 0 Å². The van der Waals surface area contributed by atoms with Gasteiger partial charge in [-0.25, -0.2) is 0 Å². The zero-order valence-corrected chi connectivity index (χ0v) is 16.1. The maximum Gasteiger partial charge on any atom is 0.0346 e. The first-order chi connectivity index (χ1) is 12.3. The molecule has 2 unspecified atom stereocenters. The number of hydrogen-bond donors (Lipinski definition) is 1. The summed E-state index contributed by atoms with van der Waals surface area (Å²) < 4.78 is 0. The minimum absolute atomic E-state index is 0. The summed E-state index contributed by atoms with van der Waals surface area (Å²) in [4.78, 5) is 4.18. The standard InChI is InChI=1S/C23H26N2.ClH/c1-17(7-9-21-14-23(21)19-5-3-2-4-6-19)25-15-18-8-10-22-16-24-12-11-20(22)13-18;/h2-6,8,10-13,16-17,21,23,25H,7,9,14-15H2,1H3;1H/t17-,21?,23?;/m1./s1. The molecule has 0 amide bonds. The van der Waals surface area contributed by atoms with Crippen LogP contribution in [0.2, 0.25) is 0 Å². The zero-order chi connectivity index (χ0) is 17.1. The molecule has 0 spiro atoms. The number of pyridine rings is 1. The fraction of sp³-hybridized carbons (Fsp3) is 0.348. The van der Waals surface area contributed by atoms with Crippen molar-refractivity contribution in [1.82, 2.24) is 10.3 Å². The van der Waals surface area contributed by atoms with Crippen molar-refractivity contribution in [3.05, 3.63) is 78.1 Å². The van der Waals surface area contributed by atoms with E-state index in [-0.39, 0.29) is 12.4 Å². The minimum atomic E-state index is 0. The molecule has 26 heavy (non-hydrogen) atoms. The number of nitrogens with one attached hydrogen (secondary N) is 1. The molecule has 1 saturated carbocycles. The Morgan fingerprint density at radius 3 is 2.77 bits per heavy atom. The molecule has 0 radical (unpaired) electrons. The summed E-state index contributed by atoms with van der Waals surface area (Å²) in [6, 6.07) is 20.3. The first kappa shape index (κ1) is 18.9. The average molecular weight is 367 g/mol. The summed E-state index contributed by atoms with van der Waals surface area (Å²) in [6.45, 7) is 3.25. The molecule has 2 aromatic carbocycles. The van der Waals surface area contributed by atoms with Crippen molar-refractivity contribution in [3.63, 3.8) is 0 Å². The van der Waals surface area contributed by atoms with E-state index in [9.17, 15) is 0 Å². The summed E-state index contributed by atoms with van der Waals surface area (Å²) in [5, 5.41) is 6.16. The maximum absolute atomic E-state index is 4.18. The van der Waals surface area contributed by atoms with Crippen LogP contribution in [0.3, 0.4) is 0 Å². The molecule has 1 fully saturated rings. The number of hydrogen-bond acceptors (Lipinski definition) is 2. The lowest BCUT2D eigenvalue weighted by Gasteiger charge is -2.14. The van der Waals surface area contributed by atoms with E-state index in [0.717, 1.165) is 18.4 Å². The van der Waals surface area contributed by atoms with Gasteiger partial charge in [0.2, 0.25) is 0 Å². The van der Waals surface area contributed by atoms with Crippen LogP contribution in [-0.2, 0) is 6.54 Å². The van der Waals surface area contributed by atoms with Crippen molar-refractivity contribution >= 4 is 23.2 Å². The summed E-state index contributed by atoms with van der Waals surface area (Å²) in [6.07, 6.45) is 7.74. The smallest absolute Gasteiger partial charge is 0.0346 e. The summed E-state index contributed by atoms with van der Waals surface area (Å²) in [5.74, 6) is 1.70. The third-order valence-electron chi connectivity index (χ3n) is 5.48. The molecule has 0 saturated heterocycles. The van der Waals surface area contributed by atoms with Gasteiger partial charge >= 0.3 is 0 Å². The lowest BCUT2D eigenvalue weighted by atomic mass is 10.0. The molecule has 1 N–H and O–H groups in total. The molecule has 1 heterocycles. The van der Waals surface area contributed by atoms with Crippen LogP contribution in [0.15, 0.2) is 67.0 Å². The lowest BCUT2D eigenvalue weighted by Crippen LogP contribution is -2.25. The molecule has 3 heteroatoms. The zero-order valence-electron chi connectivity index (χ0n) is 15.3. The molecule has 4 rings (SSSR count). The second-order valence-corrected chi connectivity index (χ2v) is 7.43. The molecule has 2 nitrogen and oxygen atoms in total. The van der Waals surface area contributed by atoms with Gasteiger partial charge in [0.25, 0.3) is 0 Å². The van der Waals surface area contributed by atoms with E-state index in [1.165, 1.54) is 41.2 Å². The number of nitrogens with zero attached hydrogens (tertiary/aromatic N) is 1. The summed E-state index contributed by atoms with van der Waals surface area (Å²) >= 11 is 0. The van der Waals surface area contributed by atoms with Crippen molar-refractivity contribution in [3.8, 4) is 0 Å². The Morgan fingerprint density at radius 2 is 1.92 bits per heavy atom. The van der Waals surface area contributed by atoms with Crippen molar-refractivity contribution in [2.75, 3.05) is 0 Å². The van der Waals surface area contributed by atoms with Crippen LogP contribution in [-0.4, -0.2) is 11.0 Å². The van der Waals surface area contributed by atoms with Gasteiger partial charge in [0.1, 0.15) is 0 Å². The van der Waals surface area contributed by atoms with Crippen LogP contribution in [0.1, 0.15) is 43.2 Å². The summed E-state index contributed by atoms with van der Waals surface area (Å²) in [5.41, 5.74) is 2.87. The predicted octanol–water partition coefficient (Wildman–Crippen LogP) is 5.72. The van der Waals surface area contributed by atoms with Crippen LogP contribution >= 0.6 is 12.4 Å². The number of aromatic nitrogens is 1. The highest BCUT2D eigenvalue weighted by atomic mass is 35.5. The Morgan fingerprint density at radius 1 is 1.08 bits per heavy atom. The highest BCUT2D eigenvalue weighted by Crippen LogP contribution is 2.50. The number of rotatable bonds is 7. The lowest BCUT2D eigenvalue weighted by molar-refractivity contribution is 0.480. The minimum Gasteiger partial charge on any atom is -0.310 e. The Balaban J connectivity index is 0.00000196. The molecule has 136 valence electrons. The summed E-state index contributed by atoms with van der Waals surface area (Å²) in [7, 11) is 0. The number of benzene rings is 2. The Bertz CT molecular complexity index is 834. The molecule has 1 aromatic heterocycles. The van der Waals surface area contributed by atoms with Gasteiger partial charge in [0.05, 0.1) is 0 Å². The van der Waals surface area contributed by atoms with Crippen LogP contribution in [0, 0.1) is 5.92 Å². The first-order valence-electron chi connectivity index (χ1n) is 9.40. The SMILES string of the molecule is C[C@H](CCC1CC1c1ccccc1)NCc1ccc2cnccc2c1.Cl.